The van der Waals surface area contributed by atoms with E-state index in [-0.39, 0.29) is 17.9 Å². The third-order valence-electron chi connectivity index (χ3n) is 5.89. The minimum atomic E-state index is 0.0920. The number of fused-ring (bicyclic) bond motifs is 1. The Bertz CT molecular complexity index is 996. The fourth-order valence-corrected chi connectivity index (χ4v) is 5.12. The summed E-state index contributed by atoms with van der Waals surface area (Å²) >= 11 is 1.70. The number of carbonyl (C=O) groups is 1. The number of carbonyl (C=O) groups excluding carboxylic acids is 1. The minimum Gasteiger partial charge on any atom is -0.494 e. The molecule has 5 nitrogen and oxygen atoms in total. The van der Waals surface area contributed by atoms with Gasteiger partial charge in [-0.25, -0.2) is 4.98 Å². The molecule has 1 aliphatic heterocycles. The van der Waals surface area contributed by atoms with Gasteiger partial charge in [0.1, 0.15) is 5.75 Å². The smallest absolute Gasteiger partial charge is 0.223 e. The van der Waals surface area contributed by atoms with Gasteiger partial charge in [0.15, 0.2) is 5.13 Å². The zero-order valence-corrected chi connectivity index (χ0v) is 19.2. The topological polar surface area (TPSA) is 54.5 Å². The average Bonchev–Trinajstić information content (AvgIpc) is 3.22. The van der Waals surface area contributed by atoms with Crippen molar-refractivity contribution >= 4 is 32.6 Å². The van der Waals surface area contributed by atoms with Crippen LogP contribution in [0.3, 0.4) is 0 Å². The molecule has 0 spiro atoms. The van der Waals surface area contributed by atoms with Crippen LogP contribution in [0, 0.1) is 5.92 Å². The van der Waals surface area contributed by atoms with Crippen molar-refractivity contribution in [1.29, 1.82) is 0 Å². The molecule has 2 aromatic carbocycles. The van der Waals surface area contributed by atoms with Gasteiger partial charge in [-0.05, 0) is 63.3 Å². The molecule has 0 aliphatic carbocycles. The van der Waals surface area contributed by atoms with Gasteiger partial charge >= 0.3 is 0 Å². The monoisotopic (exact) mass is 437 g/mol. The highest BCUT2D eigenvalue weighted by Crippen LogP contribution is 2.33. The van der Waals surface area contributed by atoms with Crippen molar-refractivity contribution in [1.82, 2.24) is 10.3 Å². The maximum absolute atomic E-state index is 12.7. The molecule has 6 heteroatoms. The number of thiazole rings is 1. The van der Waals surface area contributed by atoms with E-state index in [1.807, 2.05) is 25.1 Å². The van der Waals surface area contributed by atoms with Crippen molar-refractivity contribution in [2.24, 2.45) is 5.92 Å². The Labute approximate surface area is 188 Å². The van der Waals surface area contributed by atoms with Crippen LogP contribution < -0.4 is 15.0 Å². The number of ether oxygens (including phenoxy) is 1. The Morgan fingerprint density at radius 2 is 2.00 bits per heavy atom. The molecule has 0 saturated carbocycles. The summed E-state index contributed by atoms with van der Waals surface area (Å²) in [6.45, 7) is 6.50. The molecular formula is C25H31N3O2S. The standard InChI is InChI=1S/C25H31N3O2S/c1-3-30-21-11-12-22-23(17-21)31-25(27-22)28-15-13-20(14-16-28)24(29)26-18(2)9-10-19-7-5-4-6-8-19/h4-8,11-12,17-18,20H,3,9-10,13-16H2,1-2H3,(H,26,29)/t18-/m1/s1. The molecule has 164 valence electrons. The highest BCUT2D eigenvalue weighted by molar-refractivity contribution is 7.22. The van der Waals surface area contributed by atoms with E-state index >= 15 is 0 Å². The quantitative estimate of drug-likeness (QED) is 0.536. The Balaban J connectivity index is 1.27. The first kappa shape index (κ1) is 21.6. The molecule has 1 aromatic heterocycles. The third-order valence-corrected chi connectivity index (χ3v) is 6.97. The molecule has 0 unspecified atom stereocenters. The highest BCUT2D eigenvalue weighted by atomic mass is 32.1. The van der Waals surface area contributed by atoms with Crippen LogP contribution in [0.25, 0.3) is 10.2 Å². The third kappa shape index (κ3) is 5.56. The number of aromatic nitrogens is 1. The number of hydrogen-bond donors (Lipinski definition) is 1. The molecule has 1 aliphatic rings. The largest absolute Gasteiger partial charge is 0.494 e. The summed E-state index contributed by atoms with van der Waals surface area (Å²) in [5.74, 6) is 1.18. The number of hydrogen-bond acceptors (Lipinski definition) is 5. The summed E-state index contributed by atoms with van der Waals surface area (Å²) in [4.78, 5) is 19.9. The normalized spacial score (nSPS) is 15.7. The second kappa shape index (κ2) is 10.1. The van der Waals surface area contributed by atoms with Crippen molar-refractivity contribution in [2.45, 2.75) is 45.6 Å². The molecule has 2 heterocycles. The van der Waals surface area contributed by atoms with E-state index in [9.17, 15) is 4.79 Å². The van der Waals surface area contributed by atoms with Crippen LogP contribution in [0.2, 0.25) is 0 Å². The Kier molecular flexibility index (Phi) is 7.07. The number of aryl methyl sites for hydroxylation is 1. The molecule has 3 aromatic rings. The van der Waals surface area contributed by atoms with E-state index < -0.39 is 0 Å². The molecule has 0 radical (unpaired) electrons. The number of nitrogens with zero attached hydrogens (tertiary/aromatic N) is 2. The number of amides is 1. The van der Waals surface area contributed by atoms with Crippen LogP contribution in [0.15, 0.2) is 48.5 Å². The SMILES string of the molecule is CCOc1ccc2nc(N3CCC(C(=O)N[C@H](C)CCc4ccccc4)CC3)sc2c1. The summed E-state index contributed by atoms with van der Waals surface area (Å²) in [7, 11) is 0. The maximum atomic E-state index is 12.7. The summed E-state index contributed by atoms with van der Waals surface area (Å²) in [5, 5.41) is 4.27. The van der Waals surface area contributed by atoms with Gasteiger partial charge in [0.2, 0.25) is 5.91 Å². The maximum Gasteiger partial charge on any atom is 0.223 e. The van der Waals surface area contributed by atoms with Crippen LogP contribution in [0.5, 0.6) is 5.75 Å². The molecule has 1 saturated heterocycles. The van der Waals surface area contributed by atoms with Gasteiger partial charge in [0, 0.05) is 25.0 Å². The van der Waals surface area contributed by atoms with Crippen LogP contribution in [-0.4, -0.2) is 36.6 Å². The molecule has 4 rings (SSSR count). The van der Waals surface area contributed by atoms with Crippen molar-refractivity contribution in [3.05, 3.63) is 54.1 Å². The first-order chi connectivity index (χ1) is 15.1. The van der Waals surface area contributed by atoms with Crippen molar-refractivity contribution in [2.75, 3.05) is 24.6 Å². The van der Waals surface area contributed by atoms with Crippen LogP contribution in [0.1, 0.15) is 38.7 Å². The van der Waals surface area contributed by atoms with Gasteiger partial charge < -0.3 is 15.0 Å². The number of nitrogens with one attached hydrogen (secondary N) is 1. The zero-order valence-electron chi connectivity index (χ0n) is 18.3. The van der Waals surface area contributed by atoms with E-state index in [0.717, 1.165) is 59.9 Å². The summed E-state index contributed by atoms with van der Waals surface area (Å²) in [6, 6.07) is 16.7. The molecule has 1 amide bonds. The summed E-state index contributed by atoms with van der Waals surface area (Å²) in [5.41, 5.74) is 2.33. The molecule has 1 N–H and O–H groups in total. The zero-order chi connectivity index (χ0) is 21.6. The van der Waals surface area contributed by atoms with Crippen LogP contribution >= 0.6 is 11.3 Å². The average molecular weight is 438 g/mol. The highest BCUT2D eigenvalue weighted by Gasteiger charge is 2.27. The van der Waals surface area contributed by atoms with E-state index in [2.05, 4.69) is 47.5 Å². The summed E-state index contributed by atoms with van der Waals surface area (Å²) in [6.07, 6.45) is 3.70. The van der Waals surface area contributed by atoms with E-state index in [4.69, 9.17) is 9.72 Å². The second-order valence-electron chi connectivity index (χ2n) is 8.25. The van der Waals surface area contributed by atoms with Gasteiger partial charge in [-0.15, -0.1) is 0 Å². The van der Waals surface area contributed by atoms with Gasteiger partial charge in [0.05, 0.1) is 16.8 Å². The lowest BCUT2D eigenvalue weighted by Gasteiger charge is -2.31. The molecule has 1 fully saturated rings. The Hall–Kier alpha value is -2.60. The molecule has 0 bridgehead atoms. The number of rotatable bonds is 8. The lowest BCUT2D eigenvalue weighted by molar-refractivity contribution is -0.126. The number of anilines is 1. The predicted molar refractivity (Wildman–Crippen MR) is 128 cm³/mol. The fraction of sp³-hybridized carbons (Fsp3) is 0.440. The first-order valence-electron chi connectivity index (χ1n) is 11.2. The van der Waals surface area contributed by atoms with Gasteiger partial charge in [-0.1, -0.05) is 41.7 Å². The van der Waals surface area contributed by atoms with Gasteiger partial charge in [-0.2, -0.15) is 0 Å². The number of piperidine rings is 1. The van der Waals surface area contributed by atoms with Crippen molar-refractivity contribution < 1.29 is 9.53 Å². The molecular weight excluding hydrogens is 406 g/mol. The van der Waals surface area contributed by atoms with Gasteiger partial charge in [-0.3, -0.25) is 4.79 Å². The van der Waals surface area contributed by atoms with Crippen LogP contribution in [0.4, 0.5) is 5.13 Å². The molecule has 1 atom stereocenters. The number of benzene rings is 2. The summed E-state index contributed by atoms with van der Waals surface area (Å²) < 4.78 is 6.75. The van der Waals surface area contributed by atoms with Gasteiger partial charge in [0.25, 0.3) is 0 Å². The lowest BCUT2D eigenvalue weighted by atomic mass is 9.95. The first-order valence-corrected chi connectivity index (χ1v) is 12.1. The van der Waals surface area contributed by atoms with Crippen molar-refractivity contribution in [3.8, 4) is 5.75 Å². The van der Waals surface area contributed by atoms with E-state index in [0.29, 0.717) is 6.61 Å². The molecule has 31 heavy (non-hydrogen) atoms. The minimum absolute atomic E-state index is 0.0920. The van der Waals surface area contributed by atoms with Crippen LogP contribution in [-0.2, 0) is 11.2 Å². The Morgan fingerprint density at radius 1 is 1.23 bits per heavy atom. The fourth-order valence-electron chi connectivity index (χ4n) is 4.08. The van der Waals surface area contributed by atoms with E-state index in [1.54, 1.807) is 11.3 Å². The predicted octanol–water partition coefficient (Wildman–Crippen LogP) is 5.05. The van der Waals surface area contributed by atoms with E-state index in [1.165, 1.54) is 5.56 Å². The second-order valence-corrected chi connectivity index (χ2v) is 9.26. The lowest BCUT2D eigenvalue weighted by Crippen LogP contribution is -2.43. The Morgan fingerprint density at radius 3 is 2.74 bits per heavy atom. The van der Waals surface area contributed by atoms with Crippen molar-refractivity contribution in [3.63, 3.8) is 0 Å².